The van der Waals surface area contributed by atoms with E-state index in [1.165, 1.54) is 0 Å². The molecule has 0 amide bonds. The van der Waals surface area contributed by atoms with Gasteiger partial charge in [-0.1, -0.05) is 78.9 Å². The molecule has 1 N–H and O–H groups in total. The molecule has 0 heterocycles. The summed E-state index contributed by atoms with van der Waals surface area (Å²) in [5.41, 5.74) is 3.76. The zero-order chi connectivity index (χ0) is 13.8. The van der Waals surface area contributed by atoms with Gasteiger partial charge in [-0.2, -0.15) is 0 Å². The highest BCUT2D eigenvalue weighted by atomic mass is 17.1. The van der Waals surface area contributed by atoms with Gasteiger partial charge in [0.2, 0.25) is 0 Å². The molecule has 20 heavy (non-hydrogen) atoms. The van der Waals surface area contributed by atoms with E-state index in [1.54, 1.807) is 0 Å². The number of rotatable bonds is 3. The van der Waals surface area contributed by atoms with Crippen LogP contribution in [0.4, 0.5) is 0 Å². The summed E-state index contributed by atoms with van der Waals surface area (Å²) in [6.07, 6.45) is 0. The van der Waals surface area contributed by atoms with Crippen molar-refractivity contribution < 1.29 is 10.1 Å². The summed E-state index contributed by atoms with van der Waals surface area (Å²) in [5, 5.41) is 9.32. The topological polar surface area (TPSA) is 29.5 Å². The van der Waals surface area contributed by atoms with Gasteiger partial charge >= 0.3 is 0 Å². The third-order valence-electron chi connectivity index (χ3n) is 3.28. The Morgan fingerprint density at radius 3 is 1.40 bits per heavy atom. The normalized spacial score (nSPS) is 10.2. The van der Waals surface area contributed by atoms with Gasteiger partial charge in [0.15, 0.2) is 5.75 Å². The molecule has 0 atom stereocenters. The zero-order valence-corrected chi connectivity index (χ0v) is 10.9. The Bertz CT molecular complexity index is 633. The minimum absolute atomic E-state index is 0.477. The molecule has 0 aliphatic heterocycles. The first kappa shape index (κ1) is 12.5. The van der Waals surface area contributed by atoms with Gasteiger partial charge in [-0.3, -0.25) is 0 Å². The van der Waals surface area contributed by atoms with Crippen molar-refractivity contribution >= 4 is 0 Å². The monoisotopic (exact) mass is 262 g/mol. The summed E-state index contributed by atoms with van der Waals surface area (Å²) in [5.74, 6) is 0.477. The fourth-order valence-electron chi connectivity index (χ4n) is 2.33. The summed E-state index contributed by atoms with van der Waals surface area (Å²) in [6.45, 7) is 0. The fraction of sp³-hybridized carbons (Fsp3) is 0. The van der Waals surface area contributed by atoms with Crippen LogP contribution in [0.15, 0.2) is 78.9 Å². The van der Waals surface area contributed by atoms with Crippen LogP contribution in [0.3, 0.4) is 0 Å². The fourth-order valence-corrected chi connectivity index (χ4v) is 2.33. The molecule has 0 aliphatic carbocycles. The standard InChI is InChI=1S/C18H14O2/c19-20-18-16(14-8-3-1-4-9-14)12-7-13-17(18)15-10-5-2-6-11-15/h1-13,19H. The molecule has 3 aromatic rings. The largest absolute Gasteiger partial charge is 0.339 e. The van der Waals surface area contributed by atoms with Gasteiger partial charge in [-0.25, -0.2) is 5.26 Å². The van der Waals surface area contributed by atoms with E-state index in [1.807, 2.05) is 78.9 Å². The molecule has 98 valence electrons. The van der Waals surface area contributed by atoms with Crippen molar-refractivity contribution in [3.05, 3.63) is 78.9 Å². The van der Waals surface area contributed by atoms with Crippen LogP contribution in [0.2, 0.25) is 0 Å². The maximum atomic E-state index is 9.32. The Labute approximate surface area is 117 Å². The second kappa shape index (κ2) is 5.59. The highest BCUT2D eigenvalue weighted by Gasteiger charge is 2.13. The maximum absolute atomic E-state index is 9.32. The van der Waals surface area contributed by atoms with Gasteiger partial charge in [-0.05, 0) is 11.1 Å². The molecule has 0 unspecified atom stereocenters. The molecule has 3 rings (SSSR count). The van der Waals surface area contributed by atoms with E-state index in [9.17, 15) is 5.26 Å². The Morgan fingerprint density at radius 1 is 0.550 bits per heavy atom. The molecule has 0 aliphatic rings. The van der Waals surface area contributed by atoms with Crippen LogP contribution in [-0.2, 0) is 0 Å². The Balaban J connectivity index is 2.19. The highest BCUT2D eigenvalue weighted by molar-refractivity contribution is 5.82. The summed E-state index contributed by atoms with van der Waals surface area (Å²) in [6, 6.07) is 25.6. The average molecular weight is 262 g/mol. The van der Waals surface area contributed by atoms with E-state index in [-0.39, 0.29) is 0 Å². The van der Waals surface area contributed by atoms with Gasteiger partial charge in [-0.15, -0.1) is 0 Å². The molecule has 0 aromatic heterocycles. The number of benzene rings is 3. The molecular weight excluding hydrogens is 248 g/mol. The third kappa shape index (κ3) is 2.29. The quantitative estimate of drug-likeness (QED) is 0.539. The SMILES string of the molecule is OOc1c(-c2ccccc2)cccc1-c1ccccc1. The van der Waals surface area contributed by atoms with Crippen molar-refractivity contribution in [2.75, 3.05) is 0 Å². The summed E-state index contributed by atoms with van der Waals surface area (Å²) in [7, 11) is 0. The second-order valence-corrected chi connectivity index (χ2v) is 4.51. The summed E-state index contributed by atoms with van der Waals surface area (Å²) >= 11 is 0. The lowest BCUT2D eigenvalue weighted by Crippen LogP contribution is -1.92. The van der Waals surface area contributed by atoms with Crippen LogP contribution < -0.4 is 4.89 Å². The number of hydrogen-bond acceptors (Lipinski definition) is 2. The van der Waals surface area contributed by atoms with Crippen LogP contribution in [-0.4, -0.2) is 5.26 Å². The molecule has 2 nitrogen and oxygen atoms in total. The minimum atomic E-state index is 0.477. The van der Waals surface area contributed by atoms with E-state index in [4.69, 9.17) is 0 Å². The van der Waals surface area contributed by atoms with E-state index in [2.05, 4.69) is 4.89 Å². The van der Waals surface area contributed by atoms with Gasteiger partial charge < -0.3 is 4.89 Å². The minimum Gasteiger partial charge on any atom is -0.339 e. The van der Waals surface area contributed by atoms with Crippen molar-refractivity contribution in [3.8, 4) is 28.0 Å². The first-order chi connectivity index (χ1) is 9.90. The van der Waals surface area contributed by atoms with Gasteiger partial charge in [0.1, 0.15) is 0 Å². The van der Waals surface area contributed by atoms with Crippen molar-refractivity contribution in [2.24, 2.45) is 0 Å². The Hall–Kier alpha value is -2.58. The Kier molecular flexibility index (Phi) is 3.48. The lowest BCUT2D eigenvalue weighted by atomic mass is 9.97. The van der Waals surface area contributed by atoms with E-state index >= 15 is 0 Å². The van der Waals surface area contributed by atoms with Gasteiger partial charge in [0, 0.05) is 11.1 Å². The van der Waals surface area contributed by atoms with Crippen molar-refractivity contribution in [1.82, 2.24) is 0 Å². The van der Waals surface area contributed by atoms with Crippen LogP contribution in [0.25, 0.3) is 22.3 Å². The van der Waals surface area contributed by atoms with Crippen LogP contribution in [0.5, 0.6) is 5.75 Å². The first-order valence-electron chi connectivity index (χ1n) is 6.45. The maximum Gasteiger partial charge on any atom is 0.180 e. The molecule has 0 saturated heterocycles. The molecule has 0 bridgehead atoms. The molecule has 0 saturated carbocycles. The highest BCUT2D eigenvalue weighted by Crippen LogP contribution is 2.38. The van der Waals surface area contributed by atoms with Crippen molar-refractivity contribution in [1.29, 1.82) is 0 Å². The first-order valence-corrected chi connectivity index (χ1v) is 6.45. The summed E-state index contributed by atoms with van der Waals surface area (Å²) in [4.78, 5) is 4.69. The van der Waals surface area contributed by atoms with Crippen molar-refractivity contribution in [2.45, 2.75) is 0 Å². The van der Waals surface area contributed by atoms with E-state index in [0.717, 1.165) is 22.3 Å². The van der Waals surface area contributed by atoms with Crippen LogP contribution in [0, 0.1) is 0 Å². The predicted molar refractivity (Wildman–Crippen MR) is 80.6 cm³/mol. The van der Waals surface area contributed by atoms with Crippen molar-refractivity contribution in [3.63, 3.8) is 0 Å². The molecular formula is C18H14O2. The van der Waals surface area contributed by atoms with E-state index in [0.29, 0.717) is 5.75 Å². The van der Waals surface area contributed by atoms with E-state index < -0.39 is 0 Å². The lowest BCUT2D eigenvalue weighted by molar-refractivity contribution is -0.136. The van der Waals surface area contributed by atoms with Crippen LogP contribution >= 0.6 is 0 Å². The molecule has 2 heteroatoms. The van der Waals surface area contributed by atoms with Gasteiger partial charge in [0.25, 0.3) is 0 Å². The summed E-state index contributed by atoms with van der Waals surface area (Å²) < 4.78 is 0. The number of hydrogen-bond donors (Lipinski definition) is 1. The van der Waals surface area contributed by atoms with Gasteiger partial charge in [0.05, 0.1) is 0 Å². The lowest BCUT2D eigenvalue weighted by Gasteiger charge is -2.12. The Morgan fingerprint density at radius 2 is 1.00 bits per heavy atom. The molecule has 0 fully saturated rings. The predicted octanol–water partition coefficient (Wildman–Crippen LogP) is 4.87. The molecule has 0 spiro atoms. The number of para-hydroxylation sites is 1. The zero-order valence-electron chi connectivity index (χ0n) is 10.9. The smallest absolute Gasteiger partial charge is 0.180 e. The third-order valence-corrected chi connectivity index (χ3v) is 3.28. The van der Waals surface area contributed by atoms with Crippen LogP contribution in [0.1, 0.15) is 0 Å². The second-order valence-electron chi connectivity index (χ2n) is 4.51. The average Bonchev–Trinajstić information content (AvgIpc) is 2.55. The molecule has 3 aromatic carbocycles. The molecule has 0 radical (unpaired) electrons.